The molecule has 0 saturated heterocycles. The minimum absolute atomic E-state index is 0.347. The summed E-state index contributed by atoms with van der Waals surface area (Å²) >= 11 is 0. The van der Waals surface area contributed by atoms with Gasteiger partial charge in [-0.05, 0) is 30.7 Å². The second-order valence-corrected chi connectivity index (χ2v) is 3.43. The maximum absolute atomic E-state index is 11.2. The van der Waals surface area contributed by atoms with Crippen molar-refractivity contribution in [2.45, 2.75) is 6.92 Å². The van der Waals surface area contributed by atoms with Crippen LogP contribution in [0.5, 0.6) is 11.5 Å². The fourth-order valence-electron chi connectivity index (χ4n) is 1.41. The Morgan fingerprint density at radius 1 is 1.12 bits per heavy atom. The fraction of sp³-hybridized carbons (Fsp3) is 0.308. The average Bonchev–Trinajstić information content (AvgIpc) is 2.37. The zero-order valence-corrected chi connectivity index (χ0v) is 10.4. The van der Waals surface area contributed by atoms with E-state index < -0.39 is 0 Å². The smallest absolute Gasteiger partial charge is 0.333 e. The molecule has 0 atom stereocenters. The third-order valence-corrected chi connectivity index (χ3v) is 2.30. The summed E-state index contributed by atoms with van der Waals surface area (Å²) in [6.45, 7) is 1.70. The highest BCUT2D eigenvalue weighted by Gasteiger charge is 2.06. The molecule has 0 unspecified atom stereocenters. The molecule has 0 aliphatic rings. The molecule has 4 nitrogen and oxygen atoms in total. The summed E-state index contributed by atoms with van der Waals surface area (Å²) < 4.78 is 14.9. The number of hydrogen-bond donors (Lipinski definition) is 0. The molecule has 0 amide bonds. The van der Waals surface area contributed by atoms with E-state index in [1.165, 1.54) is 7.11 Å². The number of methoxy groups -OCH3 is 3. The number of ether oxygens (including phenoxy) is 3. The maximum atomic E-state index is 11.2. The lowest BCUT2D eigenvalue weighted by Gasteiger charge is -2.08. The van der Waals surface area contributed by atoms with Gasteiger partial charge < -0.3 is 14.2 Å². The second-order valence-electron chi connectivity index (χ2n) is 3.43. The highest BCUT2D eigenvalue weighted by Crippen LogP contribution is 2.28. The Balaban J connectivity index is 3.04. The van der Waals surface area contributed by atoms with Gasteiger partial charge in [0.25, 0.3) is 0 Å². The van der Waals surface area contributed by atoms with E-state index >= 15 is 0 Å². The molecule has 0 bridgehead atoms. The highest BCUT2D eigenvalue weighted by atomic mass is 16.5. The van der Waals surface area contributed by atoms with Crippen LogP contribution in [-0.4, -0.2) is 27.3 Å². The van der Waals surface area contributed by atoms with Crippen molar-refractivity contribution in [3.8, 4) is 11.5 Å². The van der Waals surface area contributed by atoms with Crippen LogP contribution in [0.15, 0.2) is 23.8 Å². The zero-order chi connectivity index (χ0) is 12.8. The van der Waals surface area contributed by atoms with E-state index in [1.807, 2.05) is 6.07 Å². The first-order chi connectivity index (χ1) is 8.12. The van der Waals surface area contributed by atoms with Crippen molar-refractivity contribution < 1.29 is 19.0 Å². The van der Waals surface area contributed by atoms with Crippen LogP contribution in [0.1, 0.15) is 12.5 Å². The molecule has 0 aliphatic carbocycles. The molecule has 0 spiro atoms. The van der Waals surface area contributed by atoms with Gasteiger partial charge in [-0.2, -0.15) is 0 Å². The Morgan fingerprint density at radius 2 is 1.76 bits per heavy atom. The first kappa shape index (κ1) is 13.1. The van der Waals surface area contributed by atoms with Gasteiger partial charge in [0.1, 0.15) is 0 Å². The molecule has 17 heavy (non-hydrogen) atoms. The van der Waals surface area contributed by atoms with E-state index in [0.717, 1.165) is 5.56 Å². The average molecular weight is 236 g/mol. The quantitative estimate of drug-likeness (QED) is 0.594. The summed E-state index contributed by atoms with van der Waals surface area (Å²) in [6.07, 6.45) is 1.73. The minimum atomic E-state index is -0.347. The van der Waals surface area contributed by atoms with Crippen LogP contribution in [0.25, 0.3) is 6.08 Å². The van der Waals surface area contributed by atoms with Gasteiger partial charge in [-0.25, -0.2) is 4.79 Å². The van der Waals surface area contributed by atoms with Gasteiger partial charge in [0.2, 0.25) is 0 Å². The number of benzene rings is 1. The fourth-order valence-corrected chi connectivity index (χ4v) is 1.41. The Bertz CT molecular complexity index is 435. The zero-order valence-electron chi connectivity index (χ0n) is 10.4. The third-order valence-electron chi connectivity index (χ3n) is 2.30. The van der Waals surface area contributed by atoms with Gasteiger partial charge in [-0.15, -0.1) is 0 Å². The maximum Gasteiger partial charge on any atom is 0.333 e. The van der Waals surface area contributed by atoms with Gasteiger partial charge in [0.05, 0.1) is 21.3 Å². The Hall–Kier alpha value is -1.97. The molecule has 4 heteroatoms. The largest absolute Gasteiger partial charge is 0.493 e. The van der Waals surface area contributed by atoms with Crippen LogP contribution in [-0.2, 0) is 9.53 Å². The summed E-state index contributed by atoms with van der Waals surface area (Å²) in [7, 11) is 4.50. The van der Waals surface area contributed by atoms with Gasteiger partial charge >= 0.3 is 5.97 Å². The number of carbonyl (C=O) groups excluding carboxylic acids is 1. The molecule has 0 fully saturated rings. The summed E-state index contributed by atoms with van der Waals surface area (Å²) in [5.74, 6) is 0.930. The van der Waals surface area contributed by atoms with E-state index in [1.54, 1.807) is 39.4 Å². The molecular formula is C13H16O4. The van der Waals surface area contributed by atoms with Crippen molar-refractivity contribution >= 4 is 12.0 Å². The van der Waals surface area contributed by atoms with Crippen molar-refractivity contribution in [3.05, 3.63) is 29.3 Å². The topological polar surface area (TPSA) is 44.8 Å². The van der Waals surface area contributed by atoms with Crippen LogP contribution in [0.4, 0.5) is 0 Å². The molecule has 1 rings (SSSR count). The lowest BCUT2D eigenvalue weighted by Crippen LogP contribution is -2.01. The molecular weight excluding hydrogens is 220 g/mol. The molecule has 0 saturated carbocycles. The molecule has 0 aliphatic heterocycles. The predicted octanol–water partition coefficient (Wildman–Crippen LogP) is 2.28. The lowest BCUT2D eigenvalue weighted by atomic mass is 10.1. The number of esters is 1. The molecule has 1 aromatic carbocycles. The Kier molecular flexibility index (Phi) is 4.57. The van der Waals surface area contributed by atoms with Crippen molar-refractivity contribution in [2.24, 2.45) is 0 Å². The summed E-state index contributed by atoms with van der Waals surface area (Å²) in [4.78, 5) is 11.2. The molecule has 0 N–H and O–H groups in total. The molecule has 92 valence electrons. The standard InChI is InChI=1S/C13H16O4/c1-9(13(14)17-4)7-10-5-6-11(15-2)12(8-10)16-3/h5-8H,1-4H3/b9-7+. The van der Waals surface area contributed by atoms with Crippen molar-refractivity contribution in [1.29, 1.82) is 0 Å². The number of rotatable bonds is 4. The van der Waals surface area contributed by atoms with E-state index in [9.17, 15) is 4.79 Å². The SMILES string of the molecule is COC(=O)/C(C)=C/c1ccc(OC)c(OC)c1. The molecule has 1 aromatic rings. The Morgan fingerprint density at radius 3 is 2.29 bits per heavy atom. The Labute approximate surface area is 101 Å². The minimum Gasteiger partial charge on any atom is -0.493 e. The molecule has 0 radical (unpaired) electrons. The summed E-state index contributed by atoms with van der Waals surface area (Å²) in [5.41, 5.74) is 1.38. The third kappa shape index (κ3) is 3.24. The van der Waals surface area contributed by atoms with Crippen LogP contribution >= 0.6 is 0 Å². The summed E-state index contributed by atoms with van der Waals surface area (Å²) in [5, 5.41) is 0. The number of hydrogen-bond acceptors (Lipinski definition) is 4. The van der Waals surface area contributed by atoms with Crippen LogP contribution < -0.4 is 9.47 Å². The molecule has 0 heterocycles. The first-order valence-electron chi connectivity index (χ1n) is 5.11. The number of carbonyl (C=O) groups is 1. The first-order valence-corrected chi connectivity index (χ1v) is 5.11. The van der Waals surface area contributed by atoms with Gasteiger partial charge in [-0.3, -0.25) is 0 Å². The predicted molar refractivity (Wildman–Crippen MR) is 65.2 cm³/mol. The van der Waals surface area contributed by atoms with Crippen LogP contribution in [0, 0.1) is 0 Å². The van der Waals surface area contributed by atoms with Gasteiger partial charge in [0.15, 0.2) is 11.5 Å². The van der Waals surface area contributed by atoms with E-state index in [2.05, 4.69) is 4.74 Å². The van der Waals surface area contributed by atoms with Crippen molar-refractivity contribution in [2.75, 3.05) is 21.3 Å². The lowest BCUT2D eigenvalue weighted by molar-refractivity contribution is -0.135. The second kappa shape index (κ2) is 5.94. The van der Waals surface area contributed by atoms with Crippen molar-refractivity contribution in [3.63, 3.8) is 0 Å². The van der Waals surface area contributed by atoms with E-state index in [-0.39, 0.29) is 5.97 Å². The van der Waals surface area contributed by atoms with E-state index in [4.69, 9.17) is 9.47 Å². The van der Waals surface area contributed by atoms with Crippen LogP contribution in [0.3, 0.4) is 0 Å². The van der Waals surface area contributed by atoms with Gasteiger partial charge in [-0.1, -0.05) is 6.07 Å². The van der Waals surface area contributed by atoms with Crippen molar-refractivity contribution in [1.82, 2.24) is 0 Å². The van der Waals surface area contributed by atoms with Crippen LogP contribution in [0.2, 0.25) is 0 Å². The molecule has 0 aromatic heterocycles. The summed E-state index contributed by atoms with van der Waals surface area (Å²) in [6, 6.07) is 5.42. The normalized spacial score (nSPS) is 10.9. The monoisotopic (exact) mass is 236 g/mol. The highest BCUT2D eigenvalue weighted by molar-refractivity contribution is 5.92. The van der Waals surface area contributed by atoms with Gasteiger partial charge in [0, 0.05) is 5.57 Å². The van der Waals surface area contributed by atoms with E-state index in [0.29, 0.717) is 17.1 Å².